The summed E-state index contributed by atoms with van der Waals surface area (Å²) in [4.78, 5) is 16.8. The van der Waals surface area contributed by atoms with E-state index in [-0.39, 0.29) is 12.2 Å². The fourth-order valence-electron chi connectivity index (χ4n) is 4.08. The maximum Gasteiger partial charge on any atom is 0.223 e. The molecule has 2 N–H and O–H groups in total. The van der Waals surface area contributed by atoms with Gasteiger partial charge >= 0.3 is 0 Å². The van der Waals surface area contributed by atoms with Crippen LogP contribution in [0.2, 0.25) is 0 Å². The second kappa shape index (κ2) is 6.37. The number of aromatic nitrogens is 1. The molecule has 0 aromatic carbocycles. The van der Waals surface area contributed by atoms with Crippen LogP contribution in [0.15, 0.2) is 10.6 Å². The summed E-state index contributed by atoms with van der Waals surface area (Å²) in [7, 11) is 0. The summed E-state index contributed by atoms with van der Waals surface area (Å²) >= 11 is 0. The topological polar surface area (TPSA) is 73.6 Å². The van der Waals surface area contributed by atoms with Crippen LogP contribution in [0.5, 0.6) is 0 Å². The average molecular weight is 345 g/mol. The molecule has 5 rings (SSSR count). The van der Waals surface area contributed by atoms with Gasteiger partial charge in [-0.15, -0.1) is 0 Å². The van der Waals surface area contributed by atoms with Crippen molar-refractivity contribution in [3.05, 3.63) is 17.5 Å². The number of carbonyl (C=O) groups is 1. The van der Waals surface area contributed by atoms with Crippen LogP contribution < -0.4 is 10.6 Å². The first kappa shape index (κ1) is 15.8. The number of rotatable bonds is 5. The third kappa shape index (κ3) is 3.59. The van der Waals surface area contributed by atoms with Gasteiger partial charge in [0.15, 0.2) is 0 Å². The van der Waals surface area contributed by atoms with Gasteiger partial charge in [-0.05, 0) is 31.6 Å². The maximum absolute atomic E-state index is 12.0. The van der Waals surface area contributed by atoms with Crippen molar-refractivity contribution in [2.24, 2.45) is 5.92 Å². The molecule has 0 radical (unpaired) electrons. The van der Waals surface area contributed by atoms with E-state index >= 15 is 0 Å². The minimum Gasteiger partial charge on any atom is -0.361 e. The molecule has 1 aromatic rings. The van der Waals surface area contributed by atoms with Crippen LogP contribution in [0.1, 0.15) is 49.5 Å². The van der Waals surface area contributed by atoms with E-state index in [0.29, 0.717) is 24.3 Å². The molecule has 2 aliphatic carbocycles. The minimum atomic E-state index is 0.00233. The van der Waals surface area contributed by atoms with E-state index < -0.39 is 0 Å². The lowest BCUT2D eigenvalue weighted by Crippen LogP contribution is -2.66. The predicted octanol–water partition coefficient (Wildman–Crippen LogP) is 0.841. The molecule has 7 heteroatoms. The van der Waals surface area contributed by atoms with Crippen molar-refractivity contribution in [2.45, 2.75) is 56.9 Å². The molecule has 2 atom stereocenters. The van der Waals surface area contributed by atoms with Gasteiger partial charge in [0.2, 0.25) is 5.91 Å². The van der Waals surface area contributed by atoms with Crippen molar-refractivity contribution in [1.29, 1.82) is 0 Å². The summed E-state index contributed by atoms with van der Waals surface area (Å²) < 4.78 is 5.45. The lowest BCUT2D eigenvalue weighted by Gasteiger charge is -2.43. The molecule has 0 bridgehead atoms. The Bertz CT molecular complexity index is 631. The zero-order valence-electron chi connectivity index (χ0n) is 14.6. The van der Waals surface area contributed by atoms with Gasteiger partial charge in [-0.25, -0.2) is 0 Å². The Kier molecular flexibility index (Phi) is 4.03. The molecule has 2 unspecified atom stereocenters. The quantitative estimate of drug-likeness (QED) is 0.824. The molecule has 25 heavy (non-hydrogen) atoms. The summed E-state index contributed by atoms with van der Waals surface area (Å²) in [6.45, 7) is 4.77. The van der Waals surface area contributed by atoms with Crippen LogP contribution in [0.3, 0.4) is 0 Å². The van der Waals surface area contributed by atoms with Gasteiger partial charge in [-0.1, -0.05) is 5.16 Å². The molecular weight excluding hydrogens is 318 g/mol. The summed E-state index contributed by atoms with van der Waals surface area (Å²) in [5.41, 5.74) is 1.05. The Morgan fingerprint density at radius 2 is 1.96 bits per heavy atom. The van der Waals surface area contributed by atoms with Gasteiger partial charge < -0.3 is 9.84 Å². The maximum atomic E-state index is 12.0. The van der Waals surface area contributed by atoms with Crippen molar-refractivity contribution < 1.29 is 9.32 Å². The molecule has 4 fully saturated rings. The Hall–Kier alpha value is -1.44. The van der Waals surface area contributed by atoms with Gasteiger partial charge in [0.05, 0.1) is 5.69 Å². The van der Waals surface area contributed by atoms with Crippen molar-refractivity contribution in [3.8, 4) is 0 Å². The second-order valence-corrected chi connectivity index (χ2v) is 8.09. The zero-order chi connectivity index (χ0) is 16.8. The zero-order valence-corrected chi connectivity index (χ0v) is 14.6. The number of amides is 1. The fraction of sp³-hybridized carbons (Fsp3) is 0.778. The number of nitrogens with zero attached hydrogens (tertiary/aromatic N) is 3. The normalized spacial score (nSPS) is 31.9. The Morgan fingerprint density at radius 1 is 1.16 bits per heavy atom. The van der Waals surface area contributed by atoms with Gasteiger partial charge in [0.25, 0.3) is 0 Å². The second-order valence-electron chi connectivity index (χ2n) is 8.09. The minimum absolute atomic E-state index is 0.00233. The Balaban J connectivity index is 1.13. The SMILES string of the molecule is O=C1CC(C2CC2)NC(N2CCN(Cc3cc(C4CC4)on3)CC2)N1. The third-order valence-corrected chi connectivity index (χ3v) is 5.98. The monoisotopic (exact) mass is 345 g/mol. The van der Waals surface area contributed by atoms with Crippen molar-refractivity contribution in [1.82, 2.24) is 25.6 Å². The molecule has 2 saturated heterocycles. The summed E-state index contributed by atoms with van der Waals surface area (Å²) in [6.07, 6.45) is 5.67. The van der Waals surface area contributed by atoms with Crippen molar-refractivity contribution in [2.75, 3.05) is 26.2 Å². The third-order valence-electron chi connectivity index (χ3n) is 5.98. The summed E-state index contributed by atoms with van der Waals surface area (Å²) in [5.74, 6) is 2.59. The smallest absolute Gasteiger partial charge is 0.223 e. The molecule has 2 saturated carbocycles. The van der Waals surface area contributed by atoms with E-state index in [1.165, 1.54) is 25.7 Å². The van der Waals surface area contributed by atoms with E-state index in [9.17, 15) is 4.79 Å². The van der Waals surface area contributed by atoms with Gasteiger partial charge in [-0.3, -0.25) is 19.9 Å². The summed E-state index contributed by atoms with van der Waals surface area (Å²) in [6, 6.07) is 2.50. The summed E-state index contributed by atoms with van der Waals surface area (Å²) in [5, 5.41) is 11.0. The van der Waals surface area contributed by atoms with Crippen LogP contribution >= 0.6 is 0 Å². The largest absolute Gasteiger partial charge is 0.361 e. The van der Waals surface area contributed by atoms with Gasteiger partial charge in [-0.2, -0.15) is 0 Å². The predicted molar refractivity (Wildman–Crippen MR) is 91.5 cm³/mol. The standard InChI is InChI=1S/C18H27N5O2/c24-17-10-15(12-1-2-12)19-18(20-17)23-7-5-22(6-8-23)11-14-9-16(25-21-14)13-3-4-13/h9,12-13,15,18-19H,1-8,10-11H2,(H,20,24). The molecule has 2 aliphatic heterocycles. The fourth-order valence-corrected chi connectivity index (χ4v) is 4.08. The average Bonchev–Trinajstić information content (AvgIpc) is 3.53. The molecule has 1 amide bonds. The van der Waals surface area contributed by atoms with Crippen LogP contribution in [-0.2, 0) is 11.3 Å². The first-order valence-electron chi connectivity index (χ1n) is 9.72. The Morgan fingerprint density at radius 3 is 2.68 bits per heavy atom. The van der Waals surface area contributed by atoms with Crippen LogP contribution in [0.4, 0.5) is 0 Å². The van der Waals surface area contributed by atoms with E-state index in [0.717, 1.165) is 44.2 Å². The van der Waals surface area contributed by atoms with Gasteiger partial charge in [0.1, 0.15) is 12.0 Å². The van der Waals surface area contributed by atoms with Crippen molar-refractivity contribution in [3.63, 3.8) is 0 Å². The highest BCUT2D eigenvalue weighted by atomic mass is 16.5. The molecule has 0 spiro atoms. The first-order chi connectivity index (χ1) is 12.2. The number of piperazine rings is 1. The van der Waals surface area contributed by atoms with E-state index in [1.807, 2.05) is 0 Å². The highest BCUT2D eigenvalue weighted by Gasteiger charge is 2.39. The number of hydrogen-bond donors (Lipinski definition) is 2. The Labute approximate surface area is 148 Å². The van der Waals surface area contributed by atoms with E-state index in [4.69, 9.17) is 4.52 Å². The lowest BCUT2D eigenvalue weighted by atomic mass is 10.1. The number of hydrogen-bond acceptors (Lipinski definition) is 6. The highest BCUT2D eigenvalue weighted by Crippen LogP contribution is 2.40. The molecule has 4 aliphatic rings. The van der Waals surface area contributed by atoms with E-state index in [1.54, 1.807) is 0 Å². The highest BCUT2D eigenvalue weighted by molar-refractivity contribution is 5.77. The van der Waals surface area contributed by atoms with Crippen molar-refractivity contribution >= 4 is 5.91 Å². The number of carbonyl (C=O) groups excluding carboxylic acids is 1. The number of nitrogens with one attached hydrogen (secondary N) is 2. The lowest BCUT2D eigenvalue weighted by molar-refractivity contribution is -0.127. The van der Waals surface area contributed by atoms with Crippen LogP contribution in [-0.4, -0.2) is 59.4 Å². The molecule has 1 aromatic heterocycles. The molecule has 3 heterocycles. The van der Waals surface area contributed by atoms with E-state index in [2.05, 4.69) is 31.7 Å². The van der Waals surface area contributed by atoms with Crippen LogP contribution in [0.25, 0.3) is 0 Å². The van der Waals surface area contributed by atoms with Gasteiger partial charge in [0, 0.05) is 57.2 Å². The molecule has 136 valence electrons. The molecule has 7 nitrogen and oxygen atoms in total. The molecular formula is C18H27N5O2. The first-order valence-corrected chi connectivity index (χ1v) is 9.72. The van der Waals surface area contributed by atoms with Crippen LogP contribution in [0, 0.1) is 5.92 Å².